The first-order valence-electron chi connectivity index (χ1n) is 18.9. The zero-order valence-corrected chi connectivity index (χ0v) is 33.8. The van der Waals surface area contributed by atoms with E-state index < -0.39 is 0 Å². The van der Waals surface area contributed by atoms with Gasteiger partial charge < -0.3 is 13.7 Å². The van der Waals surface area contributed by atoms with Crippen molar-refractivity contribution in [2.24, 2.45) is 0 Å². The van der Waals surface area contributed by atoms with Crippen LogP contribution in [0.5, 0.6) is 0 Å². The SMILES string of the molecule is CC(C)c1cccc(C(C)C)c1-n1c(-c2[c-]c(-n3c4[c-]c5c(cc4c4ccccc43)c3ccccc3n5-c3ccccn3)ccc2)nnc1-c1ccccc1.[Pt+2]. The van der Waals surface area contributed by atoms with E-state index in [4.69, 9.17) is 15.2 Å². The normalized spacial score (nSPS) is 11.8. The quantitative estimate of drug-likeness (QED) is 0.150. The molecule has 7 heteroatoms. The minimum atomic E-state index is 0. The number of hydrogen-bond donors (Lipinski definition) is 0. The van der Waals surface area contributed by atoms with Gasteiger partial charge in [0.25, 0.3) is 0 Å². The summed E-state index contributed by atoms with van der Waals surface area (Å²) in [7, 11) is 0. The van der Waals surface area contributed by atoms with E-state index in [0.717, 1.165) is 78.2 Å². The second-order valence-corrected chi connectivity index (χ2v) is 14.8. The Kier molecular flexibility index (Phi) is 9.02. The largest absolute Gasteiger partial charge is 2.00 e. The maximum Gasteiger partial charge on any atom is 2.00 e. The van der Waals surface area contributed by atoms with Crippen molar-refractivity contribution in [1.29, 1.82) is 0 Å². The molecule has 0 radical (unpaired) electrons. The molecule has 0 aliphatic carbocycles. The van der Waals surface area contributed by atoms with E-state index in [2.05, 4.69) is 175 Å². The molecule has 4 heterocycles. The Morgan fingerprint density at radius 3 is 1.75 bits per heavy atom. The molecular weight excluding hydrogens is 868 g/mol. The summed E-state index contributed by atoms with van der Waals surface area (Å²) in [5.74, 6) is 2.98. The van der Waals surface area contributed by atoms with Crippen molar-refractivity contribution in [3.63, 3.8) is 0 Å². The molecule has 0 atom stereocenters. The second kappa shape index (κ2) is 14.2. The average Bonchev–Trinajstić information content (AvgIpc) is 3.90. The molecule has 6 nitrogen and oxygen atoms in total. The molecule has 56 heavy (non-hydrogen) atoms. The van der Waals surface area contributed by atoms with E-state index in [1.807, 2.05) is 24.4 Å². The molecule has 10 rings (SSSR count). The third kappa shape index (κ3) is 5.62. The van der Waals surface area contributed by atoms with Crippen molar-refractivity contribution >= 4 is 43.6 Å². The van der Waals surface area contributed by atoms with Crippen LogP contribution in [0.2, 0.25) is 0 Å². The molecule has 0 amide bonds. The van der Waals surface area contributed by atoms with Gasteiger partial charge in [0.2, 0.25) is 0 Å². The number of fused-ring (bicyclic) bond motifs is 6. The van der Waals surface area contributed by atoms with E-state index in [1.54, 1.807) is 0 Å². The average molecular weight is 906 g/mol. The third-order valence-corrected chi connectivity index (χ3v) is 10.8. The van der Waals surface area contributed by atoms with E-state index in [-0.39, 0.29) is 32.9 Å². The predicted molar refractivity (Wildman–Crippen MR) is 225 cm³/mol. The van der Waals surface area contributed by atoms with Crippen LogP contribution in [0, 0.1) is 12.1 Å². The van der Waals surface area contributed by atoms with Gasteiger partial charge in [-0.3, -0.25) is 0 Å². The standard InChI is InChI=1S/C49H38N6.Pt/c1-31(2)36-22-15-23-37(32(3)4)47(36)55-48(33-16-6-5-7-17-33)51-52-49(55)34-18-14-19-35(28-34)53-42-24-10-8-20-38(42)40-29-41-39-21-9-11-25-43(39)54(45(41)30-44(40)53)46-26-12-13-27-50-46;/h5-27,29,31-32H,1-4H3;/q-2;+2. The summed E-state index contributed by atoms with van der Waals surface area (Å²) < 4.78 is 6.77. The Labute approximate surface area is 340 Å². The van der Waals surface area contributed by atoms with Crippen LogP contribution in [0.15, 0.2) is 146 Å². The van der Waals surface area contributed by atoms with Gasteiger partial charge in [-0.25, -0.2) is 4.98 Å². The summed E-state index contributed by atoms with van der Waals surface area (Å²) in [4.78, 5) is 4.78. The molecule has 0 fully saturated rings. The molecule has 4 aromatic heterocycles. The fourth-order valence-electron chi connectivity index (χ4n) is 8.23. The van der Waals surface area contributed by atoms with Gasteiger partial charge in [0.05, 0.1) is 5.82 Å². The van der Waals surface area contributed by atoms with Crippen molar-refractivity contribution in [3.05, 3.63) is 169 Å². The van der Waals surface area contributed by atoms with Gasteiger partial charge in [-0.05, 0) is 63.7 Å². The first kappa shape index (κ1) is 35.6. The van der Waals surface area contributed by atoms with Gasteiger partial charge in [-0.2, -0.15) is 11.2 Å². The number of hydrogen-bond acceptors (Lipinski definition) is 3. The Balaban J connectivity index is 0.00000410. The monoisotopic (exact) mass is 905 g/mol. The van der Waals surface area contributed by atoms with Crippen LogP contribution in [0.4, 0.5) is 0 Å². The maximum atomic E-state index is 4.95. The number of aromatic nitrogens is 6. The Bertz CT molecular complexity index is 3020. The Hall–Kier alpha value is -6.10. The molecule has 274 valence electrons. The minimum Gasteiger partial charge on any atom is -0.352 e. The molecule has 0 bridgehead atoms. The van der Waals surface area contributed by atoms with E-state index in [0.29, 0.717) is 0 Å². The molecule has 0 spiro atoms. The summed E-state index contributed by atoms with van der Waals surface area (Å²) in [6.45, 7) is 9.02. The first-order chi connectivity index (χ1) is 27.0. The zero-order valence-electron chi connectivity index (χ0n) is 31.5. The van der Waals surface area contributed by atoms with Gasteiger partial charge in [-0.1, -0.05) is 130 Å². The summed E-state index contributed by atoms with van der Waals surface area (Å²) in [6.07, 6.45) is 1.84. The van der Waals surface area contributed by atoms with Crippen LogP contribution in [0.1, 0.15) is 50.7 Å². The van der Waals surface area contributed by atoms with Crippen molar-refractivity contribution < 1.29 is 21.1 Å². The van der Waals surface area contributed by atoms with E-state index in [9.17, 15) is 0 Å². The second-order valence-electron chi connectivity index (χ2n) is 14.8. The zero-order chi connectivity index (χ0) is 37.2. The van der Waals surface area contributed by atoms with Crippen LogP contribution in [-0.2, 0) is 21.1 Å². The Morgan fingerprint density at radius 2 is 1.09 bits per heavy atom. The Morgan fingerprint density at radius 1 is 0.500 bits per heavy atom. The molecule has 6 aromatic carbocycles. The van der Waals surface area contributed by atoms with Crippen molar-refractivity contribution in [1.82, 2.24) is 28.9 Å². The number of pyridine rings is 1. The predicted octanol–water partition coefficient (Wildman–Crippen LogP) is 12.0. The van der Waals surface area contributed by atoms with Crippen LogP contribution in [-0.4, -0.2) is 28.9 Å². The minimum absolute atomic E-state index is 0. The van der Waals surface area contributed by atoms with Crippen molar-refractivity contribution in [2.75, 3.05) is 0 Å². The molecule has 0 aliphatic heterocycles. The van der Waals surface area contributed by atoms with Gasteiger partial charge in [0.1, 0.15) is 5.82 Å². The summed E-state index contributed by atoms with van der Waals surface area (Å²) in [5.41, 5.74) is 10.5. The van der Waals surface area contributed by atoms with Crippen LogP contribution in [0.25, 0.3) is 83.6 Å². The molecular formula is C49H38N6Pt. The fraction of sp³-hybridized carbons (Fsp3) is 0.122. The molecule has 10 aromatic rings. The summed E-state index contributed by atoms with van der Waals surface area (Å²) >= 11 is 0. The molecule has 0 saturated carbocycles. The molecule has 0 saturated heterocycles. The summed E-state index contributed by atoms with van der Waals surface area (Å²) in [5, 5.41) is 14.4. The number of nitrogens with zero attached hydrogens (tertiary/aromatic N) is 6. The van der Waals surface area contributed by atoms with Gasteiger partial charge >= 0.3 is 21.1 Å². The smallest absolute Gasteiger partial charge is 0.352 e. The van der Waals surface area contributed by atoms with Crippen LogP contribution >= 0.6 is 0 Å². The molecule has 0 unspecified atom stereocenters. The van der Waals surface area contributed by atoms with Gasteiger partial charge in [0.15, 0.2) is 5.82 Å². The van der Waals surface area contributed by atoms with Crippen LogP contribution in [0.3, 0.4) is 0 Å². The van der Waals surface area contributed by atoms with Crippen molar-refractivity contribution in [3.8, 4) is 40.0 Å². The van der Waals surface area contributed by atoms with Gasteiger partial charge in [-0.15, -0.1) is 51.8 Å². The topological polar surface area (TPSA) is 53.5 Å². The number of rotatable bonds is 7. The van der Waals surface area contributed by atoms with E-state index >= 15 is 0 Å². The molecule has 0 aliphatic rings. The van der Waals surface area contributed by atoms with Crippen LogP contribution < -0.4 is 0 Å². The number of para-hydroxylation sites is 3. The fourth-order valence-corrected chi connectivity index (χ4v) is 8.23. The van der Waals surface area contributed by atoms with Crippen molar-refractivity contribution in [2.45, 2.75) is 39.5 Å². The summed E-state index contributed by atoms with van der Waals surface area (Å²) in [6, 6.07) is 56.6. The van der Waals surface area contributed by atoms with E-state index in [1.165, 1.54) is 16.5 Å². The third-order valence-electron chi connectivity index (χ3n) is 10.8. The maximum absolute atomic E-state index is 4.95. The molecule has 0 N–H and O–H groups in total. The first-order valence-corrected chi connectivity index (χ1v) is 18.9. The number of benzene rings is 6. The van der Waals surface area contributed by atoms with Gasteiger partial charge in [0, 0.05) is 28.5 Å².